The zero-order valence-corrected chi connectivity index (χ0v) is 31.1. The predicted octanol–water partition coefficient (Wildman–Crippen LogP) is 4.56. The molecule has 0 unspecified atom stereocenters. The number of esters is 1. The lowest BCUT2D eigenvalue weighted by Crippen LogP contribution is -2.46. The number of Topliss-reactive ketones (excluding diaryl/α,β-unsaturated/α-hetero) is 1. The van der Waals surface area contributed by atoms with E-state index in [0.29, 0.717) is 0 Å². The smallest absolute Gasteiger partial charge is 0.312 e. The van der Waals surface area contributed by atoms with Crippen LogP contribution >= 0.6 is 0 Å². The number of hydrogen-bond acceptors (Lipinski definition) is 14. The molecule has 7 N–H and O–H groups in total. The summed E-state index contributed by atoms with van der Waals surface area (Å²) in [6.45, 7) is 12.2. The van der Waals surface area contributed by atoms with Crippen LogP contribution in [0.4, 0.5) is 5.69 Å². The molecule has 2 aromatic carbocycles. The normalized spacial score (nSPS) is 32.2. The van der Waals surface area contributed by atoms with Crippen LogP contribution in [0.25, 0.3) is 10.8 Å². The van der Waals surface area contributed by atoms with Gasteiger partial charge in [-0.15, -0.1) is 0 Å². The molecule has 9 atom stereocenters. The number of phenols is 3. The fourth-order valence-corrected chi connectivity index (χ4v) is 6.93. The van der Waals surface area contributed by atoms with E-state index in [9.17, 15) is 45.1 Å². The number of oxime groups is 1. The summed E-state index contributed by atoms with van der Waals surface area (Å²) in [6, 6.07) is 0. The van der Waals surface area contributed by atoms with Crippen LogP contribution < -0.4 is 10.1 Å². The largest absolute Gasteiger partial charge is 0.507 e. The highest BCUT2D eigenvalue weighted by atomic mass is 16.7. The van der Waals surface area contributed by atoms with Gasteiger partial charge >= 0.3 is 11.8 Å². The number of amides is 1. The van der Waals surface area contributed by atoms with Crippen molar-refractivity contribution in [1.29, 1.82) is 0 Å². The Balaban J connectivity index is 1.95. The lowest BCUT2D eigenvalue weighted by Gasteiger charge is -2.38. The molecule has 2 aromatic rings. The molecule has 0 spiro atoms. The van der Waals surface area contributed by atoms with E-state index in [1.54, 1.807) is 33.8 Å². The maximum Gasteiger partial charge on any atom is 0.312 e. The van der Waals surface area contributed by atoms with Crippen molar-refractivity contribution < 1.29 is 64.1 Å². The summed E-state index contributed by atoms with van der Waals surface area (Å²) in [5.74, 6) is -9.00. The number of phenolic OH excluding ortho intramolecular Hbond substituents is 3. The van der Waals surface area contributed by atoms with Crippen molar-refractivity contribution in [1.82, 2.24) is 0 Å². The molecule has 15 heteroatoms. The zero-order chi connectivity index (χ0) is 39.7. The van der Waals surface area contributed by atoms with Crippen molar-refractivity contribution in [2.45, 2.75) is 85.6 Å². The van der Waals surface area contributed by atoms with Gasteiger partial charge in [-0.2, -0.15) is 0 Å². The van der Waals surface area contributed by atoms with Crippen LogP contribution in [0.1, 0.15) is 70.0 Å². The van der Waals surface area contributed by atoms with Gasteiger partial charge in [0.15, 0.2) is 5.75 Å². The Labute approximate surface area is 306 Å². The minimum Gasteiger partial charge on any atom is -0.507 e. The van der Waals surface area contributed by atoms with Gasteiger partial charge in [0, 0.05) is 61.2 Å². The van der Waals surface area contributed by atoms with Gasteiger partial charge in [-0.25, -0.2) is 0 Å². The number of rotatable bonds is 3. The number of hydrogen-bond donors (Lipinski definition) is 7. The summed E-state index contributed by atoms with van der Waals surface area (Å²) in [7, 11) is 1.41. The number of fused-ring (bicyclic) bond motifs is 14. The number of aliphatic hydroxyl groups is 2. The van der Waals surface area contributed by atoms with E-state index in [4.69, 9.17) is 18.9 Å². The van der Waals surface area contributed by atoms with Crippen molar-refractivity contribution in [2.75, 3.05) is 12.4 Å². The van der Waals surface area contributed by atoms with Crippen LogP contribution in [-0.2, 0) is 23.8 Å². The Kier molecular flexibility index (Phi) is 12.2. The molecule has 288 valence electrons. The van der Waals surface area contributed by atoms with E-state index >= 15 is 0 Å². The molecule has 5 bridgehead atoms. The number of benzene rings is 2. The minimum absolute atomic E-state index is 0.00476. The van der Waals surface area contributed by atoms with Crippen LogP contribution in [-0.4, -0.2) is 91.9 Å². The molecule has 0 saturated heterocycles. The van der Waals surface area contributed by atoms with Gasteiger partial charge in [0.05, 0.1) is 53.0 Å². The fourth-order valence-electron chi connectivity index (χ4n) is 6.93. The standard InChI is InChI=1S/C38H48N2O13/c1-16-11-10-12-17(2)37(48)40-28-23(15-39-49)32(45)25-26(33(28)46)31(44)21(6)35-27(25)36(47)38(8,53-35)51-14-13-24(50-9)18(3)34(52-22(7)41)20(5)30(43)19(4)29(16)42/h10-16,18-20,24,29-30,34,42-46,49H,1-9H3,(H,40,48)/b11-10+,14-13+,17-12+,39-15-/t16-,18+,19+,20+,24-,29-,30+,34+,38-/m0/s1. The number of nitrogens with one attached hydrogen (secondary N) is 1. The van der Waals surface area contributed by atoms with Gasteiger partial charge < -0.3 is 55.0 Å². The van der Waals surface area contributed by atoms with Crippen molar-refractivity contribution in [3.05, 3.63) is 52.8 Å². The molecule has 5 rings (SSSR count). The van der Waals surface area contributed by atoms with E-state index in [1.165, 1.54) is 53.0 Å². The maximum absolute atomic E-state index is 14.1. The van der Waals surface area contributed by atoms with E-state index in [1.807, 2.05) is 0 Å². The zero-order valence-electron chi connectivity index (χ0n) is 31.1. The molecule has 1 amide bonds. The Hall–Kier alpha value is -5.12. The number of carbonyl (C=O) groups excluding carboxylic acids is 3. The van der Waals surface area contributed by atoms with Crippen LogP contribution in [0.15, 0.2) is 41.3 Å². The molecule has 3 aliphatic rings. The van der Waals surface area contributed by atoms with Gasteiger partial charge in [-0.3, -0.25) is 14.4 Å². The Morgan fingerprint density at radius 2 is 1.62 bits per heavy atom. The number of methoxy groups -OCH3 is 1. The summed E-state index contributed by atoms with van der Waals surface area (Å²) in [6.07, 6.45) is 4.01. The highest BCUT2D eigenvalue weighted by molar-refractivity contribution is 6.23. The van der Waals surface area contributed by atoms with Crippen molar-refractivity contribution in [3.8, 4) is 23.0 Å². The molecule has 3 aliphatic heterocycles. The molecule has 0 saturated carbocycles. The Morgan fingerprint density at radius 1 is 0.962 bits per heavy atom. The lowest BCUT2D eigenvalue weighted by molar-refractivity contribution is -0.160. The molecule has 0 aromatic heterocycles. The van der Waals surface area contributed by atoms with Gasteiger partial charge in [0.1, 0.15) is 23.4 Å². The van der Waals surface area contributed by atoms with E-state index in [0.717, 1.165) is 12.5 Å². The van der Waals surface area contributed by atoms with Crippen LogP contribution in [0.3, 0.4) is 0 Å². The van der Waals surface area contributed by atoms with Gasteiger partial charge in [-0.05, 0) is 19.9 Å². The Morgan fingerprint density at radius 3 is 2.23 bits per heavy atom. The third kappa shape index (κ3) is 7.54. The molecule has 0 aliphatic carbocycles. The summed E-state index contributed by atoms with van der Waals surface area (Å²) >= 11 is 0. The van der Waals surface area contributed by atoms with Crippen molar-refractivity contribution >= 4 is 40.3 Å². The van der Waals surface area contributed by atoms with E-state index < -0.39 is 105 Å². The molecular formula is C38H48N2O13. The molecule has 0 fully saturated rings. The van der Waals surface area contributed by atoms with Gasteiger partial charge in [0.2, 0.25) is 0 Å². The van der Waals surface area contributed by atoms with E-state index in [2.05, 4.69) is 10.5 Å². The fraction of sp³-hybridized carbons (Fsp3) is 0.474. The highest BCUT2D eigenvalue weighted by Crippen LogP contribution is 2.55. The van der Waals surface area contributed by atoms with Crippen LogP contribution in [0, 0.1) is 30.6 Å². The number of allylic oxidation sites excluding steroid dienone is 2. The second-order valence-electron chi connectivity index (χ2n) is 13.9. The first-order chi connectivity index (χ1) is 24.8. The van der Waals surface area contributed by atoms with Crippen molar-refractivity contribution in [3.63, 3.8) is 0 Å². The molecule has 3 heterocycles. The number of ether oxygens (including phenoxy) is 4. The number of anilines is 1. The Bertz CT molecular complexity index is 1900. The second kappa shape index (κ2) is 15.9. The van der Waals surface area contributed by atoms with Gasteiger partial charge in [0.25, 0.3) is 11.7 Å². The SMILES string of the molecule is CO[C@H]1/C=C/O[C@@]2(C)Oc3c(C)c(O)c4c(O)c(c(/C=N\O)c(O)c4c3C2=O)NC(=O)/C(C)=C/C=C/[C@H](C)[C@H](O)[C@@H](C)[C@@H](O)[C@@H](C)[C@H](OC(C)=O)[C@@H]1C. The number of nitrogens with zero attached hydrogens (tertiary/aromatic N) is 1. The van der Waals surface area contributed by atoms with E-state index in [-0.39, 0.29) is 27.8 Å². The molecule has 0 radical (unpaired) electrons. The minimum atomic E-state index is -2.07. The first kappa shape index (κ1) is 40.6. The highest BCUT2D eigenvalue weighted by Gasteiger charge is 2.50. The molecule has 15 nitrogen and oxygen atoms in total. The summed E-state index contributed by atoms with van der Waals surface area (Å²) in [5.41, 5.74) is -0.978. The molecule has 53 heavy (non-hydrogen) atoms. The van der Waals surface area contributed by atoms with Crippen molar-refractivity contribution in [2.24, 2.45) is 28.8 Å². The quantitative estimate of drug-likeness (QED) is 0.0572. The maximum atomic E-state index is 14.1. The average Bonchev–Trinajstić information content (AvgIpc) is 3.38. The predicted molar refractivity (Wildman–Crippen MR) is 193 cm³/mol. The summed E-state index contributed by atoms with van der Waals surface area (Å²) in [4.78, 5) is 39.7. The van der Waals surface area contributed by atoms with Gasteiger partial charge in [-0.1, -0.05) is 51.1 Å². The first-order valence-corrected chi connectivity index (χ1v) is 17.1. The monoisotopic (exact) mass is 740 g/mol. The average molecular weight is 741 g/mol. The lowest BCUT2D eigenvalue weighted by atomic mass is 9.78. The first-order valence-electron chi connectivity index (χ1n) is 17.1. The number of aromatic hydroxyl groups is 3. The molecular weight excluding hydrogens is 692 g/mol. The number of ketones is 1. The topological polar surface area (TPSA) is 234 Å². The third-order valence-corrected chi connectivity index (χ3v) is 10.2. The number of aliphatic hydroxyl groups excluding tert-OH is 2. The number of carbonyl (C=O) groups is 3. The summed E-state index contributed by atoms with van der Waals surface area (Å²) < 4.78 is 23.2. The third-order valence-electron chi connectivity index (χ3n) is 10.2. The second-order valence-corrected chi connectivity index (χ2v) is 13.9. The van der Waals surface area contributed by atoms with Crippen LogP contribution in [0.5, 0.6) is 23.0 Å². The summed E-state index contributed by atoms with van der Waals surface area (Å²) in [5, 5.41) is 71.2. The van der Waals surface area contributed by atoms with Crippen LogP contribution in [0.2, 0.25) is 0 Å².